The van der Waals surface area contributed by atoms with E-state index in [0.717, 1.165) is 4.31 Å². The van der Waals surface area contributed by atoms with Crippen LogP contribution in [0.4, 0.5) is 14.5 Å². The summed E-state index contributed by atoms with van der Waals surface area (Å²) in [5.41, 5.74) is 0.830. The van der Waals surface area contributed by atoms with Crippen molar-refractivity contribution < 1.29 is 22.0 Å². The van der Waals surface area contributed by atoms with Crippen molar-refractivity contribution in [1.82, 2.24) is 4.31 Å². The number of hydrogen-bond acceptors (Lipinski definition) is 3. The number of benzene rings is 3. The molecule has 0 saturated carbocycles. The van der Waals surface area contributed by atoms with Gasteiger partial charge in [-0.1, -0.05) is 41.9 Å². The van der Waals surface area contributed by atoms with Crippen LogP contribution in [0.2, 0.25) is 5.02 Å². The van der Waals surface area contributed by atoms with Crippen LogP contribution in [0.25, 0.3) is 0 Å². The molecule has 1 aliphatic heterocycles. The molecule has 0 aromatic heterocycles. The van der Waals surface area contributed by atoms with Crippen LogP contribution in [0.1, 0.15) is 11.1 Å². The fourth-order valence-corrected chi connectivity index (χ4v) is 5.21. The first-order valence-corrected chi connectivity index (χ1v) is 11.2. The number of fused-ring (bicyclic) bond motifs is 1. The van der Waals surface area contributed by atoms with E-state index < -0.39 is 40.7 Å². The topological polar surface area (TPSA) is 57.7 Å². The van der Waals surface area contributed by atoms with Crippen molar-refractivity contribution in [3.8, 4) is 0 Å². The Kier molecular flexibility index (Phi) is 5.79. The predicted molar refractivity (Wildman–Crippen MR) is 113 cm³/mol. The molecule has 0 spiro atoms. The Morgan fingerprint density at radius 2 is 1.61 bits per heavy atom. The fraction of sp³-hybridized carbons (Fsp3) is 0.136. The van der Waals surface area contributed by atoms with Gasteiger partial charge in [-0.3, -0.25) is 4.79 Å². The van der Waals surface area contributed by atoms with E-state index in [0.29, 0.717) is 5.56 Å². The lowest BCUT2D eigenvalue weighted by atomic mass is 10.2. The Morgan fingerprint density at radius 1 is 0.903 bits per heavy atom. The van der Waals surface area contributed by atoms with Crippen molar-refractivity contribution in [3.63, 3.8) is 0 Å². The smallest absolute Gasteiger partial charge is 0.245 e. The summed E-state index contributed by atoms with van der Waals surface area (Å²) in [6.45, 7) is -0.832. The van der Waals surface area contributed by atoms with Gasteiger partial charge in [0.2, 0.25) is 15.9 Å². The highest BCUT2D eigenvalue weighted by molar-refractivity contribution is 7.89. The zero-order chi connectivity index (χ0) is 22.2. The first-order chi connectivity index (χ1) is 14.8. The third-order valence-electron chi connectivity index (χ3n) is 5.04. The summed E-state index contributed by atoms with van der Waals surface area (Å²) in [4.78, 5) is 14.4. The minimum Gasteiger partial charge on any atom is -0.305 e. The molecule has 0 aliphatic carbocycles. The number of rotatable bonds is 4. The molecule has 0 atom stereocenters. The lowest BCUT2D eigenvalue weighted by Gasteiger charge is -2.22. The van der Waals surface area contributed by atoms with Gasteiger partial charge in [0.05, 0.1) is 18.8 Å². The molecule has 0 unspecified atom stereocenters. The maximum absolute atomic E-state index is 14.3. The average Bonchev–Trinajstić information content (AvgIpc) is 2.81. The standard InChI is InChI=1S/C22H17ClF2N2O3S/c23-18-4-3-5-19(25)17(18)13-26-14-22(28)27(12-15-8-10-16(24)11-9-15)20-6-1-2-7-21(20)31(26,29)30/h1-11H,12-14H2. The summed E-state index contributed by atoms with van der Waals surface area (Å²) in [5, 5.41) is 0.0725. The molecule has 0 fully saturated rings. The summed E-state index contributed by atoms with van der Waals surface area (Å²) in [5.74, 6) is -1.57. The van der Waals surface area contributed by atoms with Crippen LogP contribution in [-0.4, -0.2) is 25.2 Å². The molecule has 3 aromatic carbocycles. The van der Waals surface area contributed by atoms with Crippen LogP contribution in [0.15, 0.2) is 71.6 Å². The highest BCUT2D eigenvalue weighted by Gasteiger charge is 2.37. The van der Waals surface area contributed by atoms with E-state index in [4.69, 9.17) is 11.6 Å². The SMILES string of the molecule is O=C1CN(Cc2c(F)cccc2Cl)S(=O)(=O)c2ccccc2N1Cc1ccc(F)cc1. The second-order valence-corrected chi connectivity index (χ2v) is 9.36. The maximum atomic E-state index is 14.3. The molecule has 1 aliphatic rings. The van der Waals surface area contributed by atoms with Crippen LogP contribution >= 0.6 is 11.6 Å². The molecule has 1 amide bonds. The molecule has 0 bridgehead atoms. The summed E-state index contributed by atoms with van der Waals surface area (Å²) in [6.07, 6.45) is 0. The summed E-state index contributed by atoms with van der Waals surface area (Å²) < 4.78 is 55.2. The summed E-state index contributed by atoms with van der Waals surface area (Å²) in [6, 6.07) is 15.8. The second-order valence-electron chi connectivity index (χ2n) is 7.05. The molecule has 0 saturated heterocycles. The number of hydrogen-bond donors (Lipinski definition) is 0. The maximum Gasteiger partial charge on any atom is 0.245 e. The average molecular weight is 463 g/mol. The van der Waals surface area contributed by atoms with Gasteiger partial charge in [0.25, 0.3) is 0 Å². The van der Waals surface area contributed by atoms with Gasteiger partial charge < -0.3 is 4.90 Å². The fourth-order valence-electron chi connectivity index (χ4n) is 3.44. The number of carbonyl (C=O) groups is 1. The van der Waals surface area contributed by atoms with Gasteiger partial charge in [0, 0.05) is 17.1 Å². The van der Waals surface area contributed by atoms with Gasteiger partial charge in [-0.15, -0.1) is 0 Å². The molecular weight excluding hydrogens is 446 g/mol. The molecule has 160 valence electrons. The van der Waals surface area contributed by atoms with Crippen molar-refractivity contribution >= 4 is 33.2 Å². The molecule has 0 N–H and O–H groups in total. The lowest BCUT2D eigenvalue weighted by Crippen LogP contribution is -2.39. The van der Waals surface area contributed by atoms with Crippen molar-refractivity contribution in [1.29, 1.82) is 0 Å². The number of carbonyl (C=O) groups excluding carboxylic acids is 1. The van der Waals surface area contributed by atoms with Gasteiger partial charge in [-0.2, -0.15) is 4.31 Å². The number of nitrogens with zero attached hydrogens (tertiary/aromatic N) is 2. The van der Waals surface area contributed by atoms with E-state index in [9.17, 15) is 22.0 Å². The Labute approximate surface area is 183 Å². The molecule has 5 nitrogen and oxygen atoms in total. The highest BCUT2D eigenvalue weighted by atomic mass is 35.5. The quantitative estimate of drug-likeness (QED) is 0.579. The molecular formula is C22H17ClF2N2O3S. The van der Waals surface area contributed by atoms with Gasteiger partial charge >= 0.3 is 0 Å². The number of halogens is 3. The number of amides is 1. The van der Waals surface area contributed by atoms with E-state index in [2.05, 4.69) is 0 Å². The molecule has 1 heterocycles. The third-order valence-corrected chi connectivity index (χ3v) is 7.23. The highest BCUT2D eigenvalue weighted by Crippen LogP contribution is 2.34. The second kappa shape index (κ2) is 8.37. The van der Waals surface area contributed by atoms with Crippen LogP contribution in [-0.2, 0) is 27.9 Å². The predicted octanol–water partition coefficient (Wildman–Crippen LogP) is 4.36. The van der Waals surface area contributed by atoms with Crippen LogP contribution in [0, 0.1) is 11.6 Å². The minimum atomic E-state index is -4.13. The molecule has 0 radical (unpaired) electrons. The monoisotopic (exact) mass is 462 g/mol. The Balaban J connectivity index is 1.77. The molecule has 9 heteroatoms. The van der Waals surface area contributed by atoms with Crippen molar-refractivity contribution in [2.45, 2.75) is 18.0 Å². The first-order valence-electron chi connectivity index (χ1n) is 9.34. The Morgan fingerprint density at radius 3 is 2.32 bits per heavy atom. The number of sulfonamides is 1. The zero-order valence-electron chi connectivity index (χ0n) is 16.1. The Hall–Kier alpha value is -2.81. The van der Waals surface area contributed by atoms with E-state index in [1.54, 1.807) is 12.1 Å². The van der Waals surface area contributed by atoms with Crippen LogP contribution < -0.4 is 4.90 Å². The van der Waals surface area contributed by atoms with Gasteiger partial charge in [-0.25, -0.2) is 17.2 Å². The lowest BCUT2D eigenvalue weighted by molar-refractivity contribution is -0.119. The number of para-hydroxylation sites is 1. The van der Waals surface area contributed by atoms with Gasteiger partial charge in [0.15, 0.2) is 0 Å². The molecule has 3 aromatic rings. The molecule has 4 rings (SSSR count). The van der Waals surface area contributed by atoms with E-state index in [1.165, 1.54) is 59.5 Å². The number of anilines is 1. The van der Waals surface area contributed by atoms with Crippen molar-refractivity contribution in [2.24, 2.45) is 0 Å². The largest absolute Gasteiger partial charge is 0.305 e. The molecule has 31 heavy (non-hydrogen) atoms. The van der Waals surface area contributed by atoms with E-state index >= 15 is 0 Å². The van der Waals surface area contributed by atoms with Gasteiger partial charge in [0.1, 0.15) is 16.5 Å². The van der Waals surface area contributed by atoms with Crippen LogP contribution in [0.3, 0.4) is 0 Å². The normalized spacial score (nSPS) is 16.1. The van der Waals surface area contributed by atoms with Gasteiger partial charge in [-0.05, 0) is 42.0 Å². The van der Waals surface area contributed by atoms with E-state index in [-0.39, 0.29) is 27.7 Å². The third kappa shape index (κ3) is 4.19. The van der Waals surface area contributed by atoms with Crippen molar-refractivity contribution in [2.75, 3.05) is 11.4 Å². The van der Waals surface area contributed by atoms with Crippen LogP contribution in [0.5, 0.6) is 0 Å². The van der Waals surface area contributed by atoms with E-state index in [1.807, 2.05) is 0 Å². The Bertz CT molecular complexity index is 1230. The zero-order valence-corrected chi connectivity index (χ0v) is 17.7. The van der Waals surface area contributed by atoms with Crippen molar-refractivity contribution in [3.05, 3.63) is 94.5 Å². The summed E-state index contributed by atoms with van der Waals surface area (Å²) >= 11 is 6.08. The summed E-state index contributed by atoms with van der Waals surface area (Å²) in [7, 11) is -4.13. The minimum absolute atomic E-state index is 0.00925. The first kappa shape index (κ1) is 21.4.